The summed E-state index contributed by atoms with van der Waals surface area (Å²) in [5.74, 6) is 0. The van der Waals surface area contributed by atoms with Crippen molar-refractivity contribution in [3.63, 3.8) is 0 Å². The van der Waals surface area contributed by atoms with Gasteiger partial charge in [-0.2, -0.15) is 4.98 Å². The fourth-order valence-electron chi connectivity index (χ4n) is 1.83. The predicted molar refractivity (Wildman–Crippen MR) is 76.6 cm³/mol. The van der Waals surface area contributed by atoms with Crippen LogP contribution in [0.4, 0.5) is 6.01 Å². The fraction of sp³-hybridized carbons (Fsp3) is 0.462. The summed E-state index contributed by atoms with van der Waals surface area (Å²) in [5.41, 5.74) is 7.01. The van der Waals surface area contributed by atoms with E-state index in [4.69, 9.17) is 21.8 Å². The lowest BCUT2D eigenvalue weighted by Crippen LogP contribution is -2.32. The van der Waals surface area contributed by atoms with Crippen LogP contribution in [0, 0.1) is 0 Å². The quantitative estimate of drug-likeness (QED) is 0.848. The maximum Gasteiger partial charge on any atom is 0.298 e. The van der Waals surface area contributed by atoms with Crippen molar-refractivity contribution in [2.24, 2.45) is 5.73 Å². The highest BCUT2D eigenvalue weighted by atomic mass is 35.5. The van der Waals surface area contributed by atoms with E-state index in [0.717, 1.165) is 5.52 Å². The third-order valence-electron chi connectivity index (χ3n) is 2.82. The average Bonchev–Trinajstić information content (AvgIpc) is 2.76. The van der Waals surface area contributed by atoms with Crippen molar-refractivity contribution in [3.05, 3.63) is 23.2 Å². The Hall–Kier alpha value is -1.30. The molecule has 2 rings (SSSR count). The zero-order chi connectivity index (χ0) is 13.8. The standard InChI is InChI=1S/C13H18ClN3O2/c1-9(18)4-6-17(7-5-15)13-16-11-8-10(14)2-3-12(11)19-13/h2-3,8-9,18H,4-7,15H2,1H3. The van der Waals surface area contributed by atoms with Crippen molar-refractivity contribution in [2.75, 3.05) is 24.5 Å². The van der Waals surface area contributed by atoms with E-state index < -0.39 is 0 Å². The van der Waals surface area contributed by atoms with Crippen molar-refractivity contribution < 1.29 is 9.52 Å². The van der Waals surface area contributed by atoms with Crippen LogP contribution in [0.15, 0.2) is 22.6 Å². The Kier molecular flexibility index (Phi) is 4.63. The van der Waals surface area contributed by atoms with Gasteiger partial charge in [0.05, 0.1) is 6.10 Å². The third kappa shape index (κ3) is 3.59. The summed E-state index contributed by atoms with van der Waals surface area (Å²) in [7, 11) is 0. The zero-order valence-electron chi connectivity index (χ0n) is 10.8. The zero-order valence-corrected chi connectivity index (χ0v) is 11.6. The van der Waals surface area contributed by atoms with Crippen molar-refractivity contribution in [1.82, 2.24) is 4.98 Å². The van der Waals surface area contributed by atoms with Gasteiger partial charge < -0.3 is 20.2 Å². The smallest absolute Gasteiger partial charge is 0.298 e. The van der Waals surface area contributed by atoms with Crippen LogP contribution in [0.5, 0.6) is 0 Å². The van der Waals surface area contributed by atoms with Crippen LogP contribution in [-0.4, -0.2) is 35.8 Å². The van der Waals surface area contributed by atoms with E-state index in [-0.39, 0.29) is 6.10 Å². The van der Waals surface area contributed by atoms with Crippen LogP contribution < -0.4 is 10.6 Å². The van der Waals surface area contributed by atoms with Gasteiger partial charge in [0, 0.05) is 24.7 Å². The largest absolute Gasteiger partial charge is 0.423 e. The normalized spacial score (nSPS) is 12.8. The van der Waals surface area contributed by atoms with Gasteiger partial charge in [-0.1, -0.05) is 11.6 Å². The topological polar surface area (TPSA) is 75.5 Å². The van der Waals surface area contributed by atoms with E-state index in [1.807, 2.05) is 4.90 Å². The van der Waals surface area contributed by atoms with Crippen molar-refractivity contribution in [1.29, 1.82) is 0 Å². The molecule has 1 atom stereocenters. The number of oxazole rings is 1. The third-order valence-corrected chi connectivity index (χ3v) is 3.06. The number of rotatable bonds is 6. The van der Waals surface area contributed by atoms with Gasteiger partial charge in [0.2, 0.25) is 0 Å². The molecule has 6 heteroatoms. The van der Waals surface area contributed by atoms with Crippen molar-refractivity contribution >= 4 is 28.7 Å². The van der Waals surface area contributed by atoms with E-state index in [1.54, 1.807) is 25.1 Å². The summed E-state index contributed by atoms with van der Waals surface area (Å²) >= 11 is 5.92. The van der Waals surface area contributed by atoms with E-state index in [0.29, 0.717) is 42.7 Å². The molecule has 1 unspecified atom stereocenters. The van der Waals surface area contributed by atoms with Gasteiger partial charge in [-0.05, 0) is 31.5 Å². The highest BCUT2D eigenvalue weighted by molar-refractivity contribution is 6.31. The maximum absolute atomic E-state index is 9.37. The Morgan fingerprint density at radius 2 is 2.26 bits per heavy atom. The van der Waals surface area contributed by atoms with Gasteiger partial charge in [-0.3, -0.25) is 0 Å². The molecule has 1 heterocycles. The Bertz CT molecular complexity index is 542. The number of fused-ring (bicyclic) bond motifs is 1. The molecule has 0 spiro atoms. The summed E-state index contributed by atoms with van der Waals surface area (Å²) in [6.07, 6.45) is 0.276. The molecule has 3 N–H and O–H groups in total. The maximum atomic E-state index is 9.37. The highest BCUT2D eigenvalue weighted by Crippen LogP contribution is 2.24. The molecule has 104 valence electrons. The number of aliphatic hydroxyl groups excluding tert-OH is 1. The summed E-state index contributed by atoms with van der Waals surface area (Å²) in [5, 5.41) is 9.99. The molecular weight excluding hydrogens is 266 g/mol. The number of anilines is 1. The number of benzene rings is 1. The molecule has 0 fully saturated rings. The number of nitrogens with zero attached hydrogens (tertiary/aromatic N) is 2. The second kappa shape index (κ2) is 6.23. The first kappa shape index (κ1) is 14.1. The molecule has 0 aliphatic rings. The predicted octanol–water partition coefficient (Wildman–Crippen LogP) is 2.02. The van der Waals surface area contributed by atoms with Crippen molar-refractivity contribution in [3.8, 4) is 0 Å². The molecule has 19 heavy (non-hydrogen) atoms. The van der Waals surface area contributed by atoms with Gasteiger partial charge in [-0.15, -0.1) is 0 Å². The van der Waals surface area contributed by atoms with Crippen LogP contribution in [0.25, 0.3) is 11.1 Å². The lowest BCUT2D eigenvalue weighted by molar-refractivity contribution is 0.186. The number of aromatic nitrogens is 1. The van der Waals surface area contributed by atoms with E-state index in [1.165, 1.54) is 0 Å². The molecule has 0 amide bonds. The van der Waals surface area contributed by atoms with Crippen LogP contribution in [0.2, 0.25) is 5.02 Å². The van der Waals surface area contributed by atoms with Crippen LogP contribution in [0.3, 0.4) is 0 Å². The Morgan fingerprint density at radius 1 is 1.47 bits per heavy atom. The summed E-state index contributed by atoms with van der Waals surface area (Å²) in [4.78, 5) is 6.34. The van der Waals surface area contributed by atoms with Crippen LogP contribution in [0.1, 0.15) is 13.3 Å². The van der Waals surface area contributed by atoms with Crippen molar-refractivity contribution in [2.45, 2.75) is 19.4 Å². The lowest BCUT2D eigenvalue weighted by atomic mass is 10.3. The highest BCUT2D eigenvalue weighted by Gasteiger charge is 2.14. The number of hydrogen-bond donors (Lipinski definition) is 2. The molecule has 0 radical (unpaired) electrons. The van der Waals surface area contributed by atoms with Gasteiger partial charge in [0.25, 0.3) is 6.01 Å². The number of hydrogen-bond acceptors (Lipinski definition) is 5. The first-order valence-corrected chi connectivity index (χ1v) is 6.67. The van der Waals surface area contributed by atoms with Crippen LogP contribution >= 0.6 is 11.6 Å². The molecule has 2 aromatic rings. The SMILES string of the molecule is CC(O)CCN(CCN)c1nc2cc(Cl)ccc2o1. The first-order valence-electron chi connectivity index (χ1n) is 6.29. The van der Waals surface area contributed by atoms with Crippen LogP contribution in [-0.2, 0) is 0 Å². The van der Waals surface area contributed by atoms with Gasteiger partial charge in [-0.25, -0.2) is 0 Å². The number of aliphatic hydroxyl groups is 1. The fourth-order valence-corrected chi connectivity index (χ4v) is 1.99. The molecular formula is C13H18ClN3O2. The summed E-state index contributed by atoms with van der Waals surface area (Å²) in [6.45, 7) is 3.54. The molecule has 0 aliphatic carbocycles. The number of nitrogens with two attached hydrogens (primary N) is 1. The van der Waals surface area contributed by atoms with Gasteiger partial charge >= 0.3 is 0 Å². The Balaban J connectivity index is 2.22. The van der Waals surface area contributed by atoms with E-state index in [9.17, 15) is 5.11 Å². The Morgan fingerprint density at radius 3 is 2.95 bits per heavy atom. The minimum atomic E-state index is -0.362. The minimum absolute atomic E-state index is 0.362. The van der Waals surface area contributed by atoms with Gasteiger partial charge in [0.1, 0.15) is 5.52 Å². The second-order valence-corrected chi connectivity index (χ2v) is 4.96. The molecule has 0 bridgehead atoms. The van der Waals surface area contributed by atoms with E-state index >= 15 is 0 Å². The number of halogens is 1. The molecule has 0 saturated carbocycles. The second-order valence-electron chi connectivity index (χ2n) is 4.52. The lowest BCUT2D eigenvalue weighted by Gasteiger charge is -2.20. The molecule has 0 aliphatic heterocycles. The summed E-state index contributed by atoms with van der Waals surface area (Å²) < 4.78 is 5.69. The average molecular weight is 284 g/mol. The first-order chi connectivity index (χ1) is 9.10. The van der Waals surface area contributed by atoms with Gasteiger partial charge in [0.15, 0.2) is 5.58 Å². The molecule has 1 aromatic heterocycles. The summed E-state index contributed by atoms with van der Waals surface area (Å²) in [6, 6.07) is 5.84. The molecule has 5 nitrogen and oxygen atoms in total. The molecule has 0 saturated heterocycles. The monoisotopic (exact) mass is 283 g/mol. The minimum Gasteiger partial charge on any atom is -0.423 e. The van der Waals surface area contributed by atoms with E-state index in [2.05, 4.69) is 4.98 Å². The Labute approximate surface area is 117 Å². The molecule has 1 aromatic carbocycles.